The minimum Gasteiger partial charge on any atom is -0.497 e. The highest BCUT2D eigenvalue weighted by molar-refractivity contribution is 7.12. The number of nitrogens with zero attached hydrogens (tertiary/aromatic N) is 3. The van der Waals surface area contributed by atoms with Crippen molar-refractivity contribution >= 4 is 47.9 Å². The van der Waals surface area contributed by atoms with E-state index in [1.165, 1.54) is 31.8 Å². The summed E-state index contributed by atoms with van der Waals surface area (Å²) in [7, 11) is 3.99. The Morgan fingerprint density at radius 3 is 2.68 bits per heavy atom. The molecule has 2 aliphatic rings. The van der Waals surface area contributed by atoms with Crippen molar-refractivity contribution in [3.8, 4) is 5.75 Å². The zero-order valence-corrected chi connectivity index (χ0v) is 22.4. The fourth-order valence-electron chi connectivity index (χ4n) is 4.93. The first-order valence-electron chi connectivity index (χ1n) is 11.5. The van der Waals surface area contributed by atoms with Gasteiger partial charge >= 0.3 is 0 Å². The highest BCUT2D eigenvalue weighted by atomic mass is 35.5. The predicted octanol–water partition coefficient (Wildman–Crippen LogP) is 4.05. The first-order chi connectivity index (χ1) is 15.6. The number of aromatic nitrogens is 1. The van der Waals surface area contributed by atoms with Crippen LogP contribution in [-0.4, -0.2) is 54.6 Å². The van der Waals surface area contributed by atoms with E-state index in [-0.39, 0.29) is 24.8 Å². The number of likely N-dealkylation sites (N-methyl/N-ethyl adjacent to an activating group) is 1. The molecule has 3 aromatic rings. The number of ether oxygens (including phenoxy) is 1. The maximum absolute atomic E-state index is 5.31. The van der Waals surface area contributed by atoms with E-state index in [1.54, 1.807) is 7.11 Å². The first kappa shape index (κ1) is 26.6. The topological polar surface area (TPSA) is 28.6 Å². The van der Waals surface area contributed by atoms with Crippen LogP contribution in [0.4, 0.5) is 0 Å². The highest BCUT2D eigenvalue weighted by Gasteiger charge is 2.28. The molecule has 0 saturated carbocycles. The smallest absolute Gasteiger partial charge is 0.118 e. The molecule has 7 heteroatoms. The zero-order valence-electron chi connectivity index (χ0n) is 20.0. The molecule has 1 atom stereocenters. The fraction of sp³-hybridized carbons (Fsp3) is 0.370. The molecular weight excluding hydrogens is 485 g/mol. The summed E-state index contributed by atoms with van der Waals surface area (Å²) in [6.45, 7) is 5.36. The van der Waals surface area contributed by atoms with Crippen LogP contribution < -0.4 is 15.3 Å². The Kier molecular flexibility index (Phi) is 9.05. The Morgan fingerprint density at radius 2 is 1.91 bits per heavy atom. The summed E-state index contributed by atoms with van der Waals surface area (Å²) in [5, 5.41) is 2.40. The third-order valence-electron chi connectivity index (χ3n) is 6.78. The molecule has 1 saturated heterocycles. The van der Waals surface area contributed by atoms with Gasteiger partial charge in [0.15, 0.2) is 0 Å². The molecule has 5 rings (SSSR count). The summed E-state index contributed by atoms with van der Waals surface area (Å²) in [6, 6.07) is 15.7. The molecule has 4 nitrogen and oxygen atoms in total. The molecule has 1 fully saturated rings. The average molecular weight is 519 g/mol. The van der Waals surface area contributed by atoms with Crippen molar-refractivity contribution in [2.24, 2.45) is 0 Å². The molecule has 0 amide bonds. The molecule has 1 unspecified atom stereocenters. The molecule has 0 radical (unpaired) electrons. The van der Waals surface area contributed by atoms with Gasteiger partial charge in [0, 0.05) is 53.6 Å². The number of fused-ring (bicyclic) bond motifs is 2. The molecule has 1 aliphatic heterocycles. The van der Waals surface area contributed by atoms with Crippen molar-refractivity contribution in [2.45, 2.75) is 32.2 Å². The summed E-state index contributed by atoms with van der Waals surface area (Å²) in [5.74, 6) is 0.921. The van der Waals surface area contributed by atoms with Crippen LogP contribution in [-0.2, 0) is 12.8 Å². The molecule has 0 N–H and O–H groups in total. The number of hydrogen-bond acceptors (Lipinski definition) is 5. The third kappa shape index (κ3) is 5.44. The monoisotopic (exact) mass is 517 g/mol. The van der Waals surface area contributed by atoms with E-state index in [2.05, 4.69) is 72.3 Å². The Balaban J connectivity index is 0.00000162. The van der Waals surface area contributed by atoms with Gasteiger partial charge in [-0.15, -0.1) is 36.2 Å². The number of aryl methyl sites for hydroxylation is 2. The van der Waals surface area contributed by atoms with Crippen LogP contribution in [0.2, 0.25) is 0 Å². The van der Waals surface area contributed by atoms with E-state index >= 15 is 0 Å². The lowest BCUT2D eigenvalue weighted by molar-refractivity contribution is 0.128. The van der Waals surface area contributed by atoms with Crippen LogP contribution in [0.3, 0.4) is 0 Å². The average Bonchev–Trinajstić information content (AvgIpc) is 3.11. The van der Waals surface area contributed by atoms with Crippen molar-refractivity contribution in [3.63, 3.8) is 0 Å². The van der Waals surface area contributed by atoms with Crippen LogP contribution >= 0.6 is 36.2 Å². The summed E-state index contributed by atoms with van der Waals surface area (Å²) in [5.41, 5.74) is 4.09. The molecule has 2 aromatic heterocycles. The molecule has 34 heavy (non-hydrogen) atoms. The van der Waals surface area contributed by atoms with Crippen LogP contribution in [0.1, 0.15) is 27.3 Å². The summed E-state index contributed by atoms with van der Waals surface area (Å²) < 4.78 is 5.31. The minimum atomic E-state index is 0. The second-order valence-corrected chi connectivity index (χ2v) is 10.2. The summed E-state index contributed by atoms with van der Waals surface area (Å²) in [4.78, 5) is 12.8. The molecular formula is C27H33Cl2N3OS. The fourth-order valence-corrected chi connectivity index (χ4v) is 5.93. The van der Waals surface area contributed by atoms with Crippen LogP contribution in [0.15, 0.2) is 48.7 Å². The number of thiophene rings is 1. The maximum atomic E-state index is 5.31. The van der Waals surface area contributed by atoms with Gasteiger partial charge in [0.05, 0.1) is 18.2 Å². The van der Waals surface area contributed by atoms with Gasteiger partial charge in [-0.2, -0.15) is 0 Å². The van der Waals surface area contributed by atoms with Crippen molar-refractivity contribution in [1.82, 2.24) is 14.8 Å². The maximum Gasteiger partial charge on any atom is 0.118 e. The molecule has 3 heterocycles. The number of hydrogen-bond donors (Lipinski definition) is 0. The zero-order chi connectivity index (χ0) is 22.1. The Morgan fingerprint density at radius 1 is 1.12 bits per heavy atom. The van der Waals surface area contributed by atoms with E-state index in [4.69, 9.17) is 9.72 Å². The first-order valence-corrected chi connectivity index (χ1v) is 12.3. The molecule has 0 bridgehead atoms. The second kappa shape index (κ2) is 11.6. The van der Waals surface area contributed by atoms with Gasteiger partial charge < -0.3 is 9.64 Å². The lowest BCUT2D eigenvalue weighted by Gasteiger charge is -2.41. The summed E-state index contributed by atoms with van der Waals surface area (Å²) in [6.07, 6.45) is 7.50. The summed E-state index contributed by atoms with van der Waals surface area (Å²) >= 11 is 1.93. The minimum absolute atomic E-state index is 0. The largest absolute Gasteiger partial charge is 0.497 e. The van der Waals surface area contributed by atoms with Gasteiger partial charge in [0.25, 0.3) is 0 Å². The Bertz CT molecular complexity index is 1230. The Hall–Kier alpha value is -2.05. The SMILES string of the molecule is COc1ccc(CCC2CN(C3=c4ncccc4=CCc4sc(C)cc43)CCN2C)cc1.Cl.Cl. The molecule has 1 aliphatic carbocycles. The lowest BCUT2D eigenvalue weighted by Crippen LogP contribution is -2.52. The van der Waals surface area contributed by atoms with E-state index in [0.717, 1.165) is 50.0 Å². The number of pyridine rings is 1. The standard InChI is InChI=1S/C27H31N3OS.2ClH/c1-19-17-24-25(32-19)13-9-21-5-4-14-28-26(21)27(24)30-16-15-29(2)22(18-30)10-6-20-7-11-23(31-3)12-8-20;;/h4-5,7-9,11-12,14,17,22H,6,10,13,15-16,18H2,1-3H3;2*1H. The quantitative estimate of drug-likeness (QED) is 0.510. The van der Waals surface area contributed by atoms with Gasteiger partial charge in [-0.05, 0) is 61.9 Å². The van der Waals surface area contributed by atoms with E-state index in [1.807, 2.05) is 17.5 Å². The van der Waals surface area contributed by atoms with Crippen molar-refractivity contribution in [3.05, 3.63) is 80.1 Å². The van der Waals surface area contributed by atoms with Crippen LogP contribution in [0, 0.1) is 6.92 Å². The van der Waals surface area contributed by atoms with E-state index in [9.17, 15) is 0 Å². The molecule has 0 spiro atoms. The van der Waals surface area contributed by atoms with E-state index in [0.29, 0.717) is 6.04 Å². The van der Waals surface area contributed by atoms with Crippen LogP contribution in [0.5, 0.6) is 5.75 Å². The number of halogens is 2. The molecule has 1 aromatic carbocycles. The predicted molar refractivity (Wildman–Crippen MR) is 147 cm³/mol. The second-order valence-electron chi connectivity index (χ2n) is 8.86. The van der Waals surface area contributed by atoms with E-state index < -0.39 is 0 Å². The molecule has 182 valence electrons. The number of benzene rings is 1. The number of rotatable bonds is 5. The van der Waals surface area contributed by atoms with Crippen molar-refractivity contribution < 1.29 is 4.74 Å². The van der Waals surface area contributed by atoms with Crippen LogP contribution in [0.25, 0.3) is 11.8 Å². The number of piperazine rings is 1. The van der Waals surface area contributed by atoms with Gasteiger partial charge in [0.2, 0.25) is 0 Å². The lowest BCUT2D eigenvalue weighted by atomic mass is 10.0. The third-order valence-corrected chi connectivity index (χ3v) is 7.85. The number of methoxy groups -OCH3 is 1. The van der Waals surface area contributed by atoms with Crippen molar-refractivity contribution in [1.29, 1.82) is 0 Å². The van der Waals surface area contributed by atoms with Gasteiger partial charge in [-0.25, -0.2) is 0 Å². The normalized spacial score (nSPS) is 17.4. The van der Waals surface area contributed by atoms with Crippen molar-refractivity contribution in [2.75, 3.05) is 33.8 Å². The Labute approximate surface area is 218 Å². The van der Waals surface area contributed by atoms with Gasteiger partial charge in [-0.3, -0.25) is 9.88 Å². The highest BCUT2D eigenvalue weighted by Crippen LogP contribution is 2.31. The van der Waals surface area contributed by atoms with Gasteiger partial charge in [0.1, 0.15) is 5.75 Å². The van der Waals surface area contributed by atoms with Gasteiger partial charge in [-0.1, -0.05) is 24.3 Å².